The number of anilines is 1. The van der Waals surface area contributed by atoms with Gasteiger partial charge < -0.3 is 14.6 Å². The van der Waals surface area contributed by atoms with Crippen LogP contribution in [0.15, 0.2) is 18.3 Å². The molecule has 0 spiro atoms. The maximum atomic E-state index is 11.1. The van der Waals surface area contributed by atoms with Crippen LogP contribution in [0.5, 0.6) is 0 Å². The van der Waals surface area contributed by atoms with Gasteiger partial charge in [-0.25, -0.2) is 4.98 Å². The van der Waals surface area contributed by atoms with Crippen LogP contribution in [0, 0.1) is 0 Å². The lowest BCUT2D eigenvalue weighted by atomic mass is 10.3. The van der Waals surface area contributed by atoms with Crippen molar-refractivity contribution in [3.05, 3.63) is 29.8 Å². The number of hydrogen-bond donors (Lipinski definition) is 1. The smallest absolute Gasteiger partial charge is 0.170 e. The molecule has 0 aliphatic heterocycles. The van der Waals surface area contributed by atoms with Crippen LogP contribution in [0.25, 0.3) is 5.52 Å². The fourth-order valence-electron chi connectivity index (χ4n) is 1.94. The highest BCUT2D eigenvalue weighted by Gasteiger charge is 2.14. The molecule has 0 saturated carbocycles. The van der Waals surface area contributed by atoms with E-state index < -0.39 is 0 Å². The molecule has 0 fully saturated rings. The van der Waals surface area contributed by atoms with Crippen LogP contribution in [0.3, 0.4) is 0 Å². The van der Waals surface area contributed by atoms with Crippen molar-refractivity contribution >= 4 is 17.5 Å². The zero-order valence-electron chi connectivity index (χ0n) is 10.3. The molecule has 2 heterocycles. The molecule has 2 aromatic heterocycles. The molecule has 0 radical (unpaired) electrons. The molecule has 0 bridgehead atoms. The number of nitrogens with one attached hydrogen (secondary N) is 1. The van der Waals surface area contributed by atoms with E-state index in [1.54, 1.807) is 0 Å². The molecule has 5 heteroatoms. The molecule has 2 rings (SSSR count). The molecule has 5 nitrogen and oxygen atoms in total. The third kappa shape index (κ3) is 1.89. The third-order valence-corrected chi connectivity index (χ3v) is 2.67. The summed E-state index contributed by atoms with van der Waals surface area (Å²) in [6.07, 6.45) is 2.73. The maximum Gasteiger partial charge on any atom is 0.170 e. The average Bonchev–Trinajstić information content (AvgIpc) is 2.68. The molecular weight excluding hydrogens is 216 g/mol. The van der Waals surface area contributed by atoms with Gasteiger partial charge in [0, 0.05) is 20.3 Å². The topological polar surface area (TPSA) is 49.6 Å². The summed E-state index contributed by atoms with van der Waals surface area (Å²) in [4.78, 5) is 17.4. The predicted octanol–water partition coefficient (Wildman–Crippen LogP) is 0.932. The maximum absolute atomic E-state index is 11.1. The second-order valence-electron chi connectivity index (χ2n) is 4.07. The standard InChI is InChI=1S/C12H16N4O/c1-13-7-11-14-9(8-17)12-10(15(2)3)5-4-6-16(11)12/h4-6,8,13H,7H2,1-3H3. The minimum absolute atomic E-state index is 0.486. The van der Waals surface area contributed by atoms with E-state index in [1.165, 1.54) is 0 Å². The normalized spacial score (nSPS) is 10.8. The zero-order valence-corrected chi connectivity index (χ0v) is 10.3. The van der Waals surface area contributed by atoms with E-state index in [0.717, 1.165) is 23.3 Å². The predicted molar refractivity (Wildman–Crippen MR) is 67.7 cm³/mol. The first-order valence-corrected chi connectivity index (χ1v) is 5.46. The molecule has 0 unspecified atom stereocenters. The van der Waals surface area contributed by atoms with Crippen molar-refractivity contribution in [2.75, 3.05) is 26.0 Å². The number of imidazole rings is 1. The van der Waals surface area contributed by atoms with Gasteiger partial charge in [0.2, 0.25) is 0 Å². The van der Waals surface area contributed by atoms with E-state index in [-0.39, 0.29) is 0 Å². The van der Waals surface area contributed by atoms with Crippen LogP contribution in [-0.4, -0.2) is 36.8 Å². The number of hydrogen-bond acceptors (Lipinski definition) is 4. The van der Waals surface area contributed by atoms with Gasteiger partial charge >= 0.3 is 0 Å². The molecule has 0 aliphatic rings. The summed E-state index contributed by atoms with van der Waals surface area (Å²) in [5.41, 5.74) is 2.33. The van der Waals surface area contributed by atoms with E-state index >= 15 is 0 Å². The van der Waals surface area contributed by atoms with Gasteiger partial charge in [-0.15, -0.1) is 0 Å². The number of carbonyl (C=O) groups is 1. The Balaban J connectivity index is 2.75. The van der Waals surface area contributed by atoms with E-state index in [1.807, 2.05) is 48.8 Å². The molecule has 0 saturated heterocycles. The molecule has 0 aromatic carbocycles. The fraction of sp³-hybridized carbons (Fsp3) is 0.333. The van der Waals surface area contributed by atoms with Crippen molar-refractivity contribution in [2.45, 2.75) is 6.54 Å². The number of fused-ring (bicyclic) bond motifs is 1. The van der Waals surface area contributed by atoms with E-state index in [2.05, 4.69) is 10.3 Å². The summed E-state index contributed by atoms with van der Waals surface area (Å²) in [6.45, 7) is 0.631. The second-order valence-corrected chi connectivity index (χ2v) is 4.07. The summed E-state index contributed by atoms with van der Waals surface area (Å²) in [5, 5.41) is 3.05. The number of carbonyl (C=O) groups excluding carboxylic acids is 1. The van der Waals surface area contributed by atoms with Gasteiger partial charge in [-0.3, -0.25) is 4.79 Å². The zero-order chi connectivity index (χ0) is 12.4. The Kier molecular flexibility index (Phi) is 3.10. The van der Waals surface area contributed by atoms with Crippen molar-refractivity contribution in [1.29, 1.82) is 0 Å². The lowest BCUT2D eigenvalue weighted by molar-refractivity contribution is 0.112. The molecule has 1 N–H and O–H groups in total. The first-order chi connectivity index (χ1) is 8.19. The highest BCUT2D eigenvalue weighted by molar-refractivity contribution is 5.91. The van der Waals surface area contributed by atoms with Crippen LogP contribution in [0.2, 0.25) is 0 Å². The Labute approximate surface area is 100 Å². The Morgan fingerprint density at radius 3 is 2.88 bits per heavy atom. The number of aldehydes is 1. The van der Waals surface area contributed by atoms with E-state index in [4.69, 9.17) is 0 Å². The Hall–Kier alpha value is -1.88. The van der Waals surface area contributed by atoms with E-state index in [0.29, 0.717) is 12.2 Å². The van der Waals surface area contributed by atoms with Crippen molar-refractivity contribution in [3.8, 4) is 0 Å². The monoisotopic (exact) mass is 232 g/mol. The van der Waals surface area contributed by atoms with Crippen molar-refractivity contribution in [2.24, 2.45) is 0 Å². The number of pyridine rings is 1. The molecule has 2 aromatic rings. The second kappa shape index (κ2) is 4.55. The molecule has 90 valence electrons. The van der Waals surface area contributed by atoms with Crippen LogP contribution >= 0.6 is 0 Å². The lowest BCUT2D eigenvalue weighted by Crippen LogP contribution is -2.11. The molecule has 17 heavy (non-hydrogen) atoms. The summed E-state index contributed by atoms with van der Waals surface area (Å²) in [7, 11) is 5.76. The van der Waals surface area contributed by atoms with Gasteiger partial charge in [0.1, 0.15) is 11.5 Å². The first-order valence-electron chi connectivity index (χ1n) is 5.46. The highest BCUT2D eigenvalue weighted by Crippen LogP contribution is 2.23. The molecule has 0 amide bonds. The molecule has 0 aliphatic carbocycles. The minimum Gasteiger partial charge on any atom is -0.376 e. The van der Waals surface area contributed by atoms with Crippen molar-refractivity contribution in [3.63, 3.8) is 0 Å². The fourth-order valence-corrected chi connectivity index (χ4v) is 1.94. The summed E-state index contributed by atoms with van der Waals surface area (Å²) in [6, 6.07) is 3.94. The summed E-state index contributed by atoms with van der Waals surface area (Å²) in [5.74, 6) is 0.841. The molecular formula is C12H16N4O. The van der Waals surface area contributed by atoms with Crippen LogP contribution in [0.1, 0.15) is 16.3 Å². The van der Waals surface area contributed by atoms with Gasteiger partial charge in [-0.05, 0) is 19.2 Å². The van der Waals surface area contributed by atoms with Crippen molar-refractivity contribution in [1.82, 2.24) is 14.7 Å². The summed E-state index contributed by atoms with van der Waals surface area (Å²) >= 11 is 0. The Morgan fingerprint density at radius 2 is 2.29 bits per heavy atom. The summed E-state index contributed by atoms with van der Waals surface area (Å²) < 4.78 is 1.95. The van der Waals surface area contributed by atoms with Gasteiger partial charge in [0.25, 0.3) is 0 Å². The van der Waals surface area contributed by atoms with Gasteiger partial charge in [-0.2, -0.15) is 0 Å². The SMILES string of the molecule is CNCc1nc(C=O)c2c(N(C)C)cccn12. The Morgan fingerprint density at radius 1 is 1.53 bits per heavy atom. The highest BCUT2D eigenvalue weighted by atomic mass is 16.1. The average molecular weight is 232 g/mol. The van der Waals surface area contributed by atoms with Crippen molar-refractivity contribution < 1.29 is 4.79 Å². The largest absolute Gasteiger partial charge is 0.376 e. The van der Waals surface area contributed by atoms with Crippen LogP contribution < -0.4 is 10.2 Å². The number of nitrogens with zero attached hydrogens (tertiary/aromatic N) is 3. The van der Waals surface area contributed by atoms with Crippen LogP contribution in [0.4, 0.5) is 5.69 Å². The molecule has 0 atom stereocenters. The van der Waals surface area contributed by atoms with Gasteiger partial charge in [0.15, 0.2) is 6.29 Å². The van der Waals surface area contributed by atoms with Gasteiger partial charge in [-0.1, -0.05) is 0 Å². The quantitative estimate of drug-likeness (QED) is 0.797. The van der Waals surface area contributed by atoms with E-state index in [9.17, 15) is 4.79 Å². The van der Waals surface area contributed by atoms with Gasteiger partial charge in [0.05, 0.1) is 17.7 Å². The third-order valence-electron chi connectivity index (χ3n) is 2.67. The Bertz CT molecular complexity index is 545. The van der Waals surface area contributed by atoms with Crippen LogP contribution in [-0.2, 0) is 6.54 Å². The minimum atomic E-state index is 0.486. The first kappa shape index (κ1) is 11.6. The number of aromatic nitrogens is 2. The lowest BCUT2D eigenvalue weighted by Gasteiger charge is -2.14. The number of rotatable bonds is 4.